The van der Waals surface area contributed by atoms with Crippen LogP contribution in [0.25, 0.3) is 0 Å². The topological polar surface area (TPSA) is 75.1 Å². The lowest BCUT2D eigenvalue weighted by Gasteiger charge is -2.08. The summed E-state index contributed by atoms with van der Waals surface area (Å²) in [4.78, 5) is 19.5. The van der Waals surface area contributed by atoms with Gasteiger partial charge in [0.05, 0.1) is 5.56 Å². The van der Waals surface area contributed by atoms with Gasteiger partial charge in [0.25, 0.3) is 0 Å². The smallest absolute Gasteiger partial charge is 0.335 e. The van der Waals surface area contributed by atoms with Crippen molar-refractivity contribution in [2.24, 2.45) is 0 Å². The van der Waals surface area contributed by atoms with Crippen molar-refractivity contribution in [3.05, 3.63) is 41.6 Å². The van der Waals surface area contributed by atoms with Crippen LogP contribution >= 0.6 is 11.8 Å². The lowest BCUT2D eigenvalue weighted by Crippen LogP contribution is -2.00. The van der Waals surface area contributed by atoms with E-state index in [4.69, 9.17) is 5.11 Å². The SMILES string of the molecule is CSc1nc(C)cc(Nc2cccc(C(=O)O)c2)n1. The summed E-state index contributed by atoms with van der Waals surface area (Å²) in [5.41, 5.74) is 1.78. The predicted molar refractivity (Wildman–Crippen MR) is 75.2 cm³/mol. The van der Waals surface area contributed by atoms with Crippen molar-refractivity contribution in [1.29, 1.82) is 0 Å². The number of hydrogen-bond donors (Lipinski definition) is 2. The molecule has 0 saturated heterocycles. The van der Waals surface area contributed by atoms with Crippen molar-refractivity contribution in [3.63, 3.8) is 0 Å². The maximum absolute atomic E-state index is 10.9. The predicted octanol–water partition coefficient (Wildman–Crippen LogP) is 2.95. The van der Waals surface area contributed by atoms with Gasteiger partial charge in [0.15, 0.2) is 5.16 Å². The van der Waals surface area contributed by atoms with Gasteiger partial charge in [0.1, 0.15) is 5.82 Å². The largest absolute Gasteiger partial charge is 0.478 e. The van der Waals surface area contributed by atoms with Crippen molar-refractivity contribution in [2.75, 3.05) is 11.6 Å². The number of nitrogens with zero attached hydrogens (tertiary/aromatic N) is 2. The minimum absolute atomic E-state index is 0.237. The van der Waals surface area contributed by atoms with E-state index in [1.807, 2.05) is 19.2 Å². The quantitative estimate of drug-likeness (QED) is 0.660. The number of aromatic nitrogens is 2. The zero-order valence-electron chi connectivity index (χ0n) is 10.5. The van der Waals surface area contributed by atoms with E-state index in [1.54, 1.807) is 24.3 Å². The van der Waals surface area contributed by atoms with Crippen LogP contribution in [0.5, 0.6) is 0 Å². The Morgan fingerprint density at radius 1 is 1.32 bits per heavy atom. The molecule has 0 aliphatic heterocycles. The van der Waals surface area contributed by atoms with Crippen molar-refractivity contribution >= 4 is 29.2 Å². The molecule has 98 valence electrons. The molecule has 2 N–H and O–H groups in total. The van der Waals surface area contributed by atoms with E-state index in [0.717, 1.165) is 5.69 Å². The number of carboxylic acid groups (broad SMARTS) is 1. The maximum Gasteiger partial charge on any atom is 0.335 e. The highest BCUT2D eigenvalue weighted by molar-refractivity contribution is 7.98. The molecule has 1 aromatic heterocycles. The third-order valence-corrected chi connectivity index (χ3v) is 2.95. The molecule has 19 heavy (non-hydrogen) atoms. The Balaban J connectivity index is 2.28. The number of hydrogen-bond acceptors (Lipinski definition) is 5. The molecule has 5 nitrogen and oxygen atoms in total. The van der Waals surface area contributed by atoms with Crippen LogP contribution in [-0.2, 0) is 0 Å². The van der Waals surface area contributed by atoms with Crippen LogP contribution < -0.4 is 5.32 Å². The van der Waals surface area contributed by atoms with Crippen molar-refractivity contribution in [3.8, 4) is 0 Å². The summed E-state index contributed by atoms with van der Waals surface area (Å²) in [5, 5.41) is 12.7. The number of thioether (sulfide) groups is 1. The van der Waals surface area contributed by atoms with E-state index in [2.05, 4.69) is 15.3 Å². The van der Waals surface area contributed by atoms with E-state index >= 15 is 0 Å². The molecule has 2 rings (SSSR count). The first-order valence-electron chi connectivity index (χ1n) is 5.58. The first-order chi connectivity index (χ1) is 9.08. The van der Waals surface area contributed by atoms with Gasteiger partial charge < -0.3 is 10.4 Å². The minimum Gasteiger partial charge on any atom is -0.478 e. The molecule has 1 heterocycles. The molecule has 0 fully saturated rings. The Hall–Kier alpha value is -2.08. The second kappa shape index (κ2) is 5.71. The normalized spacial score (nSPS) is 10.2. The molecule has 2 aromatic rings. The number of anilines is 2. The highest BCUT2D eigenvalue weighted by atomic mass is 32.2. The Labute approximate surface area is 115 Å². The van der Waals surface area contributed by atoms with Gasteiger partial charge >= 0.3 is 5.97 Å². The maximum atomic E-state index is 10.9. The van der Waals surface area contributed by atoms with E-state index in [1.165, 1.54) is 11.8 Å². The molecule has 0 saturated carbocycles. The number of carbonyl (C=O) groups is 1. The van der Waals surface area contributed by atoms with Gasteiger partial charge in [-0.1, -0.05) is 17.8 Å². The summed E-state index contributed by atoms with van der Waals surface area (Å²) in [6, 6.07) is 8.41. The summed E-state index contributed by atoms with van der Waals surface area (Å²) in [6.07, 6.45) is 1.91. The van der Waals surface area contributed by atoms with Crippen molar-refractivity contribution < 1.29 is 9.90 Å². The van der Waals surface area contributed by atoms with Gasteiger partial charge in [-0.15, -0.1) is 0 Å². The Bertz CT molecular complexity index is 617. The highest BCUT2D eigenvalue weighted by Crippen LogP contribution is 2.19. The zero-order chi connectivity index (χ0) is 13.8. The first-order valence-corrected chi connectivity index (χ1v) is 6.81. The van der Waals surface area contributed by atoms with Gasteiger partial charge in [0.2, 0.25) is 0 Å². The van der Waals surface area contributed by atoms with Gasteiger partial charge in [-0.3, -0.25) is 0 Å². The second-order valence-corrected chi connectivity index (χ2v) is 4.67. The van der Waals surface area contributed by atoms with Gasteiger partial charge in [-0.05, 0) is 31.4 Å². The molecule has 0 aliphatic rings. The fraction of sp³-hybridized carbons (Fsp3) is 0.154. The number of nitrogens with one attached hydrogen (secondary N) is 1. The van der Waals surface area contributed by atoms with Crippen LogP contribution in [0.4, 0.5) is 11.5 Å². The molecule has 0 aliphatic carbocycles. The lowest BCUT2D eigenvalue weighted by atomic mass is 10.2. The number of aryl methyl sites for hydroxylation is 1. The van der Waals surface area contributed by atoms with E-state index < -0.39 is 5.97 Å². The number of carboxylic acids is 1. The van der Waals surface area contributed by atoms with Crippen LogP contribution in [0.2, 0.25) is 0 Å². The average Bonchev–Trinajstić information content (AvgIpc) is 2.38. The van der Waals surface area contributed by atoms with Crippen LogP contribution in [-0.4, -0.2) is 27.3 Å². The molecule has 0 unspecified atom stereocenters. The second-order valence-electron chi connectivity index (χ2n) is 3.89. The molecule has 0 bridgehead atoms. The van der Waals surface area contributed by atoms with Crippen molar-refractivity contribution in [2.45, 2.75) is 12.1 Å². The molecule has 0 radical (unpaired) electrons. The molecular formula is C13H13N3O2S. The van der Waals surface area contributed by atoms with Gasteiger partial charge in [-0.25, -0.2) is 14.8 Å². The molecule has 0 atom stereocenters. The molecule has 1 aromatic carbocycles. The van der Waals surface area contributed by atoms with Crippen LogP contribution in [0.3, 0.4) is 0 Å². The molecular weight excluding hydrogens is 262 g/mol. The van der Waals surface area contributed by atoms with Crippen LogP contribution in [0, 0.1) is 6.92 Å². The zero-order valence-corrected chi connectivity index (χ0v) is 11.4. The summed E-state index contributed by atoms with van der Waals surface area (Å²) in [7, 11) is 0. The number of aromatic carboxylic acids is 1. The first kappa shape index (κ1) is 13.4. The Kier molecular flexibility index (Phi) is 4.01. The fourth-order valence-electron chi connectivity index (χ4n) is 1.57. The third-order valence-electron chi connectivity index (χ3n) is 2.40. The van der Waals surface area contributed by atoms with E-state index in [9.17, 15) is 4.79 Å². The lowest BCUT2D eigenvalue weighted by molar-refractivity contribution is 0.0697. The number of benzene rings is 1. The standard InChI is InChI=1S/C13H13N3O2S/c1-8-6-11(16-13(14-8)19-2)15-10-5-3-4-9(7-10)12(17)18/h3-7H,1-2H3,(H,17,18)(H,14,15,16). The fourth-order valence-corrected chi connectivity index (χ4v) is 2.00. The summed E-state index contributed by atoms with van der Waals surface area (Å²) < 4.78 is 0. The van der Waals surface area contributed by atoms with Crippen molar-refractivity contribution in [1.82, 2.24) is 9.97 Å². The van der Waals surface area contributed by atoms with E-state index in [-0.39, 0.29) is 5.56 Å². The van der Waals surface area contributed by atoms with Crippen LogP contribution in [0.1, 0.15) is 16.1 Å². The molecule has 0 spiro atoms. The molecule has 6 heteroatoms. The molecule has 0 amide bonds. The van der Waals surface area contributed by atoms with Crippen LogP contribution in [0.15, 0.2) is 35.5 Å². The number of rotatable bonds is 4. The van der Waals surface area contributed by atoms with Gasteiger partial charge in [0, 0.05) is 17.4 Å². The summed E-state index contributed by atoms with van der Waals surface area (Å²) >= 11 is 1.46. The third kappa shape index (κ3) is 3.45. The monoisotopic (exact) mass is 275 g/mol. The van der Waals surface area contributed by atoms with E-state index in [0.29, 0.717) is 16.7 Å². The minimum atomic E-state index is -0.952. The highest BCUT2D eigenvalue weighted by Gasteiger charge is 2.05. The van der Waals surface area contributed by atoms with Gasteiger partial charge in [-0.2, -0.15) is 0 Å². The Morgan fingerprint density at radius 2 is 2.11 bits per heavy atom. The Morgan fingerprint density at radius 3 is 2.79 bits per heavy atom. The summed E-state index contributed by atoms with van der Waals surface area (Å²) in [5.74, 6) is -0.299. The summed E-state index contributed by atoms with van der Waals surface area (Å²) in [6.45, 7) is 1.89. The average molecular weight is 275 g/mol.